The van der Waals surface area contributed by atoms with Crippen molar-refractivity contribution in [3.63, 3.8) is 0 Å². The van der Waals surface area contributed by atoms with Gasteiger partial charge in [0, 0.05) is 0 Å². The first-order valence-corrected chi connectivity index (χ1v) is 9.40. The van der Waals surface area contributed by atoms with Gasteiger partial charge >= 0.3 is 0 Å². The predicted octanol–water partition coefficient (Wildman–Crippen LogP) is 4.21. The summed E-state index contributed by atoms with van der Waals surface area (Å²) in [5.74, 6) is 0.742. The Labute approximate surface area is 159 Å². The number of anilines is 1. The number of imidazole rings is 1. The van der Waals surface area contributed by atoms with Crippen molar-refractivity contribution in [3.8, 4) is 0 Å². The Morgan fingerprint density at radius 2 is 2.12 bits per heavy atom. The van der Waals surface area contributed by atoms with E-state index in [2.05, 4.69) is 20.5 Å². The molecule has 4 aromatic rings. The summed E-state index contributed by atoms with van der Waals surface area (Å²) in [5.41, 5.74) is 4.50. The Morgan fingerprint density at radius 3 is 2.92 bits per heavy atom. The second-order valence-electron chi connectivity index (χ2n) is 6.04. The Morgan fingerprint density at radius 1 is 1.31 bits per heavy atom. The molecule has 0 unspecified atom stereocenters. The summed E-state index contributed by atoms with van der Waals surface area (Å²) in [6.45, 7) is 3.90. The molecule has 0 saturated carbocycles. The predicted molar refractivity (Wildman–Crippen MR) is 105 cm³/mol. The van der Waals surface area contributed by atoms with Crippen molar-refractivity contribution in [3.05, 3.63) is 52.5 Å². The number of para-hydroxylation sites is 2. The van der Waals surface area contributed by atoms with Crippen molar-refractivity contribution in [1.82, 2.24) is 19.6 Å². The largest absolute Gasteiger partial charge is 0.324 e. The van der Waals surface area contributed by atoms with E-state index in [1.54, 1.807) is 0 Å². The SMILES string of the molecule is Cc1cc(C)c(NC(=O)CSc2n[nH]c3nc4ccccc4n23)c(Cl)c1. The summed E-state index contributed by atoms with van der Waals surface area (Å²) in [7, 11) is 0. The van der Waals surface area contributed by atoms with Crippen LogP contribution in [-0.2, 0) is 4.79 Å². The van der Waals surface area contributed by atoms with Crippen molar-refractivity contribution in [2.24, 2.45) is 0 Å². The highest BCUT2D eigenvalue weighted by Gasteiger charge is 2.15. The molecule has 2 N–H and O–H groups in total. The number of carbonyl (C=O) groups excluding carboxylic acids is 1. The number of amides is 1. The second-order valence-corrected chi connectivity index (χ2v) is 7.39. The number of hydrogen-bond acceptors (Lipinski definition) is 4. The number of thioether (sulfide) groups is 1. The molecule has 0 aliphatic carbocycles. The van der Waals surface area contributed by atoms with Crippen molar-refractivity contribution in [2.75, 3.05) is 11.1 Å². The fourth-order valence-corrected chi connectivity index (χ4v) is 4.04. The van der Waals surface area contributed by atoms with Crippen LogP contribution in [0.15, 0.2) is 41.6 Å². The van der Waals surface area contributed by atoms with Gasteiger partial charge in [0.15, 0.2) is 5.16 Å². The van der Waals surface area contributed by atoms with Gasteiger partial charge in [-0.15, -0.1) is 5.10 Å². The lowest BCUT2D eigenvalue weighted by Crippen LogP contribution is -2.15. The van der Waals surface area contributed by atoms with Crippen molar-refractivity contribution in [1.29, 1.82) is 0 Å². The summed E-state index contributed by atoms with van der Waals surface area (Å²) in [5, 5.41) is 11.3. The minimum absolute atomic E-state index is 0.135. The molecule has 0 fully saturated rings. The lowest BCUT2D eigenvalue weighted by atomic mass is 10.1. The molecule has 26 heavy (non-hydrogen) atoms. The molecular weight excluding hydrogens is 370 g/mol. The topological polar surface area (TPSA) is 75.1 Å². The Balaban J connectivity index is 1.53. The number of nitrogens with one attached hydrogen (secondary N) is 2. The lowest BCUT2D eigenvalue weighted by Gasteiger charge is -2.11. The lowest BCUT2D eigenvalue weighted by molar-refractivity contribution is -0.113. The monoisotopic (exact) mass is 385 g/mol. The van der Waals surface area contributed by atoms with E-state index in [0.717, 1.165) is 22.2 Å². The summed E-state index contributed by atoms with van der Waals surface area (Å²) in [6, 6.07) is 11.6. The van der Waals surface area contributed by atoms with E-state index < -0.39 is 0 Å². The fourth-order valence-electron chi connectivity index (χ4n) is 2.92. The Bertz CT molecular complexity index is 1110. The number of aromatic amines is 1. The minimum Gasteiger partial charge on any atom is -0.324 e. The number of halogens is 1. The summed E-state index contributed by atoms with van der Waals surface area (Å²) in [6.07, 6.45) is 0. The summed E-state index contributed by atoms with van der Waals surface area (Å²) in [4.78, 5) is 16.9. The van der Waals surface area contributed by atoms with Gasteiger partial charge in [0.25, 0.3) is 0 Å². The zero-order valence-corrected chi connectivity index (χ0v) is 15.8. The molecule has 0 aliphatic heterocycles. The molecule has 2 aromatic heterocycles. The van der Waals surface area contributed by atoms with E-state index >= 15 is 0 Å². The van der Waals surface area contributed by atoms with E-state index in [4.69, 9.17) is 11.6 Å². The van der Waals surface area contributed by atoms with E-state index in [9.17, 15) is 4.79 Å². The average Bonchev–Trinajstić information content (AvgIpc) is 3.15. The molecule has 0 atom stereocenters. The van der Waals surface area contributed by atoms with E-state index in [1.807, 2.05) is 54.6 Å². The van der Waals surface area contributed by atoms with E-state index in [1.165, 1.54) is 11.8 Å². The Hall–Kier alpha value is -2.51. The third kappa shape index (κ3) is 3.04. The van der Waals surface area contributed by atoms with Crippen LogP contribution < -0.4 is 5.32 Å². The fraction of sp³-hybridized carbons (Fsp3) is 0.167. The number of carbonyl (C=O) groups is 1. The smallest absolute Gasteiger partial charge is 0.234 e. The molecule has 2 heterocycles. The van der Waals surface area contributed by atoms with Gasteiger partial charge < -0.3 is 5.32 Å². The quantitative estimate of drug-likeness (QED) is 0.516. The number of fused-ring (bicyclic) bond motifs is 3. The van der Waals surface area contributed by atoms with Crippen molar-refractivity contribution in [2.45, 2.75) is 19.0 Å². The highest BCUT2D eigenvalue weighted by molar-refractivity contribution is 7.99. The normalized spacial score (nSPS) is 11.3. The van der Waals surface area contributed by atoms with Crippen LogP contribution in [0.25, 0.3) is 16.8 Å². The van der Waals surface area contributed by atoms with Crippen molar-refractivity contribution < 1.29 is 4.79 Å². The first kappa shape index (κ1) is 16.9. The van der Waals surface area contributed by atoms with Crippen LogP contribution in [0, 0.1) is 13.8 Å². The van der Waals surface area contributed by atoms with Gasteiger partial charge in [-0.3, -0.25) is 9.20 Å². The first-order valence-electron chi connectivity index (χ1n) is 8.04. The first-order chi connectivity index (χ1) is 12.5. The number of nitrogens with zero attached hydrogens (tertiary/aromatic N) is 3. The van der Waals surface area contributed by atoms with Gasteiger partial charge in [-0.1, -0.05) is 41.6 Å². The molecule has 6 nitrogen and oxygen atoms in total. The van der Waals surface area contributed by atoms with Gasteiger partial charge in [0.05, 0.1) is 27.5 Å². The van der Waals surface area contributed by atoms with Crippen LogP contribution in [0.5, 0.6) is 0 Å². The minimum atomic E-state index is -0.135. The van der Waals surface area contributed by atoms with Gasteiger partial charge in [0.1, 0.15) is 0 Å². The van der Waals surface area contributed by atoms with Crippen LogP contribution in [0.3, 0.4) is 0 Å². The molecule has 0 saturated heterocycles. The number of benzene rings is 2. The summed E-state index contributed by atoms with van der Waals surface area (Å²) < 4.78 is 1.91. The maximum absolute atomic E-state index is 12.4. The molecule has 4 rings (SSSR count). The molecule has 2 aromatic carbocycles. The highest BCUT2D eigenvalue weighted by atomic mass is 35.5. The van der Waals surface area contributed by atoms with Crippen LogP contribution >= 0.6 is 23.4 Å². The average molecular weight is 386 g/mol. The van der Waals surface area contributed by atoms with E-state index in [-0.39, 0.29) is 11.7 Å². The molecule has 0 aliphatic rings. The van der Waals surface area contributed by atoms with Gasteiger partial charge in [0.2, 0.25) is 11.7 Å². The van der Waals surface area contributed by atoms with Crippen molar-refractivity contribution >= 4 is 51.8 Å². The van der Waals surface area contributed by atoms with Gasteiger partial charge in [-0.05, 0) is 43.2 Å². The molecule has 0 radical (unpaired) electrons. The second kappa shape index (κ2) is 6.66. The number of H-pyrrole nitrogens is 1. The number of rotatable bonds is 4. The Kier molecular flexibility index (Phi) is 4.34. The number of aromatic nitrogens is 4. The third-order valence-electron chi connectivity index (χ3n) is 4.03. The molecule has 0 bridgehead atoms. The van der Waals surface area contributed by atoms with Crippen LogP contribution in [-0.4, -0.2) is 31.2 Å². The molecule has 132 valence electrons. The van der Waals surface area contributed by atoms with E-state index in [0.29, 0.717) is 21.6 Å². The number of aryl methyl sites for hydroxylation is 2. The third-order valence-corrected chi connectivity index (χ3v) is 5.27. The summed E-state index contributed by atoms with van der Waals surface area (Å²) >= 11 is 7.60. The molecular formula is C18H16ClN5OS. The maximum Gasteiger partial charge on any atom is 0.234 e. The zero-order chi connectivity index (χ0) is 18.3. The maximum atomic E-state index is 12.4. The number of hydrogen-bond donors (Lipinski definition) is 2. The zero-order valence-electron chi connectivity index (χ0n) is 14.2. The standard InChI is InChI=1S/C18H16ClN5OS/c1-10-7-11(2)16(12(19)8-10)21-15(25)9-26-18-23-22-17-20-13-5-3-4-6-14(13)24(17)18/h3-8H,9H2,1-2H3,(H,20,22)(H,21,25). The van der Waals surface area contributed by atoms with Crippen LogP contribution in [0.2, 0.25) is 5.02 Å². The van der Waals surface area contributed by atoms with Crippen LogP contribution in [0.1, 0.15) is 11.1 Å². The van der Waals surface area contributed by atoms with Gasteiger partial charge in [-0.2, -0.15) is 0 Å². The highest BCUT2D eigenvalue weighted by Crippen LogP contribution is 2.28. The molecule has 1 amide bonds. The van der Waals surface area contributed by atoms with Crippen LogP contribution in [0.4, 0.5) is 5.69 Å². The molecule has 0 spiro atoms. The van der Waals surface area contributed by atoms with Gasteiger partial charge in [-0.25, -0.2) is 10.1 Å². The molecule has 8 heteroatoms.